The molecule has 0 saturated carbocycles. The number of carbonyl (C=O) groups is 2. The predicted octanol–water partition coefficient (Wildman–Crippen LogP) is 1.90. The first-order valence-electron chi connectivity index (χ1n) is 9.10. The normalized spacial score (nSPS) is 11.3. The molecule has 2 aromatic rings. The third kappa shape index (κ3) is 5.78. The molecule has 1 amide bonds. The molecule has 2 aromatic carbocycles. The number of benzene rings is 2. The van der Waals surface area contributed by atoms with Gasteiger partial charge in [-0.2, -0.15) is 4.31 Å². The van der Waals surface area contributed by atoms with Crippen LogP contribution in [0.3, 0.4) is 0 Å². The third-order valence-corrected chi connectivity index (χ3v) is 6.28. The van der Waals surface area contributed by atoms with Gasteiger partial charge in [0.1, 0.15) is 11.3 Å². The molecule has 0 aliphatic heterocycles. The number of phenols is 1. The van der Waals surface area contributed by atoms with Gasteiger partial charge < -0.3 is 15.2 Å². The standard InChI is InChI=1S/C20H24N2O6S/c1-3-22(4-2)29(26,27)16-11-9-15(10-12-16)13-21-19(24)14-28-20(25)17-7-5-6-8-18(17)23/h5-12,23H,3-4,13-14H2,1-2H3,(H,21,24). The Morgan fingerprint density at radius 1 is 1.03 bits per heavy atom. The Balaban J connectivity index is 1.88. The number of nitrogens with zero attached hydrogens (tertiary/aromatic N) is 1. The molecule has 2 rings (SSSR count). The minimum atomic E-state index is -3.53. The van der Waals surface area contributed by atoms with Crippen molar-refractivity contribution in [1.82, 2.24) is 9.62 Å². The highest BCUT2D eigenvalue weighted by Gasteiger charge is 2.21. The van der Waals surface area contributed by atoms with Crippen LogP contribution in [0.4, 0.5) is 0 Å². The van der Waals surface area contributed by atoms with E-state index in [-0.39, 0.29) is 22.8 Å². The minimum Gasteiger partial charge on any atom is -0.507 e. The molecule has 29 heavy (non-hydrogen) atoms. The van der Waals surface area contributed by atoms with Crippen molar-refractivity contribution in [3.8, 4) is 5.75 Å². The average Bonchev–Trinajstić information content (AvgIpc) is 2.71. The van der Waals surface area contributed by atoms with E-state index in [4.69, 9.17) is 4.74 Å². The number of carbonyl (C=O) groups excluding carboxylic acids is 2. The van der Waals surface area contributed by atoms with E-state index in [9.17, 15) is 23.1 Å². The van der Waals surface area contributed by atoms with Crippen LogP contribution in [0.2, 0.25) is 0 Å². The number of amides is 1. The molecule has 0 spiro atoms. The van der Waals surface area contributed by atoms with Crippen LogP contribution in [0, 0.1) is 0 Å². The molecule has 156 valence electrons. The molecule has 2 N–H and O–H groups in total. The van der Waals surface area contributed by atoms with Crippen molar-refractivity contribution >= 4 is 21.9 Å². The van der Waals surface area contributed by atoms with E-state index in [2.05, 4.69) is 5.32 Å². The number of hydrogen-bond donors (Lipinski definition) is 2. The first-order valence-corrected chi connectivity index (χ1v) is 10.5. The zero-order valence-corrected chi connectivity index (χ0v) is 17.1. The molecule has 0 radical (unpaired) electrons. The van der Waals surface area contributed by atoms with Gasteiger partial charge in [0.15, 0.2) is 6.61 Å². The molecule has 8 nitrogen and oxygen atoms in total. The lowest BCUT2D eigenvalue weighted by atomic mass is 10.2. The summed E-state index contributed by atoms with van der Waals surface area (Å²) in [4.78, 5) is 23.9. The fourth-order valence-corrected chi connectivity index (χ4v) is 4.06. The smallest absolute Gasteiger partial charge is 0.342 e. The van der Waals surface area contributed by atoms with Crippen LogP contribution in [0.5, 0.6) is 5.75 Å². The molecule has 0 aliphatic rings. The third-order valence-electron chi connectivity index (χ3n) is 4.21. The Labute approximate surface area is 170 Å². The van der Waals surface area contributed by atoms with Gasteiger partial charge >= 0.3 is 5.97 Å². The summed E-state index contributed by atoms with van der Waals surface area (Å²) in [7, 11) is -3.53. The molecule has 0 heterocycles. The number of para-hydroxylation sites is 1. The van der Waals surface area contributed by atoms with Crippen molar-refractivity contribution in [3.63, 3.8) is 0 Å². The Morgan fingerprint density at radius 2 is 1.66 bits per heavy atom. The summed E-state index contributed by atoms with van der Waals surface area (Å²) in [5.74, 6) is -1.55. The number of aromatic hydroxyl groups is 1. The van der Waals surface area contributed by atoms with Crippen LogP contribution in [0.25, 0.3) is 0 Å². The summed E-state index contributed by atoms with van der Waals surface area (Å²) in [6, 6.07) is 12.1. The Morgan fingerprint density at radius 3 is 2.24 bits per heavy atom. The fraction of sp³-hybridized carbons (Fsp3) is 0.300. The van der Waals surface area contributed by atoms with Gasteiger partial charge in [0.2, 0.25) is 10.0 Å². The molecule has 0 unspecified atom stereocenters. The molecule has 9 heteroatoms. The van der Waals surface area contributed by atoms with Gasteiger partial charge in [0.25, 0.3) is 5.91 Å². The molecule has 0 aliphatic carbocycles. The zero-order chi connectivity index (χ0) is 21.4. The first-order chi connectivity index (χ1) is 13.8. The number of hydrogen-bond acceptors (Lipinski definition) is 6. The van der Waals surface area contributed by atoms with Crippen molar-refractivity contribution in [2.45, 2.75) is 25.3 Å². The van der Waals surface area contributed by atoms with Crippen molar-refractivity contribution in [2.75, 3.05) is 19.7 Å². The van der Waals surface area contributed by atoms with Crippen molar-refractivity contribution in [2.24, 2.45) is 0 Å². The number of rotatable bonds is 9. The van der Waals surface area contributed by atoms with Gasteiger partial charge in [-0.15, -0.1) is 0 Å². The summed E-state index contributed by atoms with van der Waals surface area (Å²) in [6.45, 7) is 3.97. The summed E-state index contributed by atoms with van der Waals surface area (Å²) < 4.78 is 31.1. The van der Waals surface area contributed by atoms with Gasteiger partial charge in [-0.1, -0.05) is 38.1 Å². The zero-order valence-electron chi connectivity index (χ0n) is 16.3. The lowest BCUT2D eigenvalue weighted by molar-refractivity contribution is -0.124. The lowest BCUT2D eigenvalue weighted by Crippen LogP contribution is -2.30. The van der Waals surface area contributed by atoms with Crippen LogP contribution >= 0.6 is 0 Å². The molecule has 0 atom stereocenters. The summed E-state index contributed by atoms with van der Waals surface area (Å²) in [5, 5.41) is 12.2. The highest BCUT2D eigenvalue weighted by molar-refractivity contribution is 7.89. The monoisotopic (exact) mass is 420 g/mol. The summed E-state index contributed by atoms with van der Waals surface area (Å²) in [6.07, 6.45) is 0. The lowest BCUT2D eigenvalue weighted by Gasteiger charge is -2.18. The summed E-state index contributed by atoms with van der Waals surface area (Å²) >= 11 is 0. The SMILES string of the molecule is CCN(CC)S(=O)(=O)c1ccc(CNC(=O)COC(=O)c2ccccc2O)cc1. The van der Waals surface area contributed by atoms with Gasteiger partial charge in [-0.3, -0.25) is 4.79 Å². The van der Waals surface area contributed by atoms with Crippen LogP contribution in [-0.2, 0) is 26.1 Å². The molecule has 0 fully saturated rings. The predicted molar refractivity (Wildman–Crippen MR) is 107 cm³/mol. The van der Waals surface area contributed by atoms with Gasteiger partial charge in [0.05, 0.1) is 4.90 Å². The van der Waals surface area contributed by atoms with E-state index >= 15 is 0 Å². The largest absolute Gasteiger partial charge is 0.507 e. The fourth-order valence-electron chi connectivity index (χ4n) is 2.60. The van der Waals surface area contributed by atoms with Crippen LogP contribution in [0.15, 0.2) is 53.4 Å². The molecular formula is C20H24N2O6S. The number of sulfonamides is 1. The van der Waals surface area contributed by atoms with E-state index in [0.717, 1.165) is 0 Å². The second kappa shape index (κ2) is 10.0. The molecule has 0 bridgehead atoms. The highest BCUT2D eigenvalue weighted by Crippen LogP contribution is 2.17. The van der Waals surface area contributed by atoms with Crippen LogP contribution < -0.4 is 5.32 Å². The van der Waals surface area contributed by atoms with Crippen LogP contribution in [-0.4, -0.2) is 49.4 Å². The maximum absolute atomic E-state index is 12.5. The Kier molecular flexibility index (Phi) is 7.74. The topological polar surface area (TPSA) is 113 Å². The number of ether oxygens (including phenoxy) is 1. The number of esters is 1. The van der Waals surface area contributed by atoms with E-state index in [0.29, 0.717) is 18.7 Å². The summed E-state index contributed by atoms with van der Waals surface area (Å²) in [5.41, 5.74) is 0.675. The van der Waals surface area contributed by atoms with Gasteiger partial charge in [-0.05, 0) is 29.8 Å². The number of nitrogens with one attached hydrogen (secondary N) is 1. The van der Waals surface area contributed by atoms with Crippen molar-refractivity contribution < 1.29 is 27.9 Å². The Bertz CT molecular complexity index is 953. The quantitative estimate of drug-likeness (QED) is 0.599. The second-order valence-electron chi connectivity index (χ2n) is 6.10. The molecular weight excluding hydrogens is 396 g/mol. The maximum Gasteiger partial charge on any atom is 0.342 e. The minimum absolute atomic E-state index is 0.0229. The molecule has 0 saturated heterocycles. The molecule has 0 aromatic heterocycles. The Hall–Kier alpha value is -2.91. The average molecular weight is 420 g/mol. The van der Waals surface area contributed by atoms with Gasteiger partial charge in [0, 0.05) is 19.6 Å². The van der Waals surface area contributed by atoms with Crippen LogP contribution in [0.1, 0.15) is 29.8 Å². The van der Waals surface area contributed by atoms with E-state index in [1.807, 2.05) is 0 Å². The number of phenolic OH excluding ortho intramolecular Hbond substituents is 1. The van der Waals surface area contributed by atoms with Crippen molar-refractivity contribution in [3.05, 3.63) is 59.7 Å². The van der Waals surface area contributed by atoms with E-state index < -0.39 is 28.5 Å². The maximum atomic E-state index is 12.5. The van der Waals surface area contributed by atoms with E-state index in [1.165, 1.54) is 28.6 Å². The van der Waals surface area contributed by atoms with Gasteiger partial charge in [-0.25, -0.2) is 13.2 Å². The highest BCUT2D eigenvalue weighted by atomic mass is 32.2. The first kappa shape index (κ1) is 22.4. The van der Waals surface area contributed by atoms with E-state index in [1.54, 1.807) is 38.1 Å². The second-order valence-corrected chi connectivity index (χ2v) is 8.04. The van der Waals surface area contributed by atoms with Crippen molar-refractivity contribution in [1.29, 1.82) is 0 Å².